The van der Waals surface area contributed by atoms with Crippen LogP contribution in [-0.4, -0.2) is 47.8 Å². The van der Waals surface area contributed by atoms with Gasteiger partial charge in [-0.1, -0.05) is 18.2 Å². The molecule has 0 atom stereocenters. The SMILES string of the molecule is CN=C(NCCCCN1C(=O)c2ccccc2C1=O)NCc1ccccn1.I. The average molecular weight is 493 g/mol. The molecule has 2 amide bonds. The molecular formula is C20H24IN5O2. The third-order valence-electron chi connectivity index (χ3n) is 4.37. The van der Waals surface area contributed by atoms with Gasteiger partial charge in [-0.05, 0) is 37.1 Å². The molecule has 0 saturated carbocycles. The molecule has 1 aliphatic rings. The number of carbonyl (C=O) groups excluding carboxylic acids is 2. The maximum atomic E-state index is 12.3. The molecule has 2 N–H and O–H groups in total. The lowest BCUT2D eigenvalue weighted by molar-refractivity contribution is 0.0652. The van der Waals surface area contributed by atoms with Gasteiger partial charge in [0.2, 0.25) is 0 Å². The van der Waals surface area contributed by atoms with Gasteiger partial charge in [-0.25, -0.2) is 0 Å². The van der Waals surface area contributed by atoms with Crippen LogP contribution in [0.25, 0.3) is 0 Å². The number of hydrogen-bond donors (Lipinski definition) is 2. The van der Waals surface area contributed by atoms with Crippen LogP contribution in [0.2, 0.25) is 0 Å². The Hall–Kier alpha value is -2.49. The normalized spacial score (nSPS) is 13.2. The molecule has 0 aliphatic carbocycles. The maximum Gasteiger partial charge on any atom is 0.261 e. The number of guanidine groups is 1. The van der Waals surface area contributed by atoms with Gasteiger partial charge in [-0.15, -0.1) is 24.0 Å². The Bertz CT molecular complexity index is 806. The molecule has 2 heterocycles. The molecule has 0 saturated heterocycles. The van der Waals surface area contributed by atoms with Crippen LogP contribution in [0.15, 0.2) is 53.7 Å². The number of fused-ring (bicyclic) bond motifs is 1. The third-order valence-corrected chi connectivity index (χ3v) is 4.37. The van der Waals surface area contributed by atoms with E-state index < -0.39 is 0 Å². The predicted molar refractivity (Wildman–Crippen MR) is 119 cm³/mol. The van der Waals surface area contributed by atoms with E-state index in [9.17, 15) is 9.59 Å². The van der Waals surface area contributed by atoms with Crippen LogP contribution in [0.5, 0.6) is 0 Å². The highest BCUT2D eigenvalue weighted by Gasteiger charge is 2.34. The van der Waals surface area contributed by atoms with Crippen molar-refractivity contribution in [3.05, 3.63) is 65.5 Å². The molecule has 7 nitrogen and oxygen atoms in total. The number of aromatic nitrogens is 1. The summed E-state index contributed by atoms with van der Waals surface area (Å²) in [5.41, 5.74) is 1.94. The second kappa shape index (κ2) is 10.7. The fourth-order valence-electron chi connectivity index (χ4n) is 2.94. The Kier molecular flexibility index (Phi) is 8.37. The number of nitrogens with zero attached hydrogens (tertiary/aromatic N) is 3. The summed E-state index contributed by atoms with van der Waals surface area (Å²) >= 11 is 0. The molecule has 2 aromatic rings. The number of benzene rings is 1. The van der Waals surface area contributed by atoms with Crippen LogP contribution in [-0.2, 0) is 6.54 Å². The molecule has 0 radical (unpaired) electrons. The molecule has 28 heavy (non-hydrogen) atoms. The summed E-state index contributed by atoms with van der Waals surface area (Å²) in [6.07, 6.45) is 3.31. The second-order valence-electron chi connectivity index (χ2n) is 6.19. The molecule has 1 aliphatic heterocycles. The standard InChI is InChI=1S/C20H23N5O2.HI/c1-21-20(24-14-15-8-4-5-11-22-15)23-12-6-7-13-25-18(26)16-9-2-3-10-17(16)19(25)27;/h2-5,8-11H,6-7,12-14H2,1H3,(H2,21,23,24);1H. The summed E-state index contributed by atoms with van der Waals surface area (Å²) in [7, 11) is 1.71. The summed E-state index contributed by atoms with van der Waals surface area (Å²) < 4.78 is 0. The van der Waals surface area contributed by atoms with Crippen LogP contribution >= 0.6 is 24.0 Å². The van der Waals surface area contributed by atoms with Crippen molar-refractivity contribution in [2.45, 2.75) is 19.4 Å². The Morgan fingerprint density at radius 3 is 2.29 bits per heavy atom. The van der Waals surface area contributed by atoms with Gasteiger partial charge < -0.3 is 10.6 Å². The molecule has 148 valence electrons. The molecule has 0 fully saturated rings. The smallest absolute Gasteiger partial charge is 0.261 e. The Morgan fingerprint density at radius 2 is 1.68 bits per heavy atom. The van der Waals surface area contributed by atoms with Gasteiger partial charge in [-0.3, -0.25) is 24.5 Å². The van der Waals surface area contributed by atoms with Gasteiger partial charge in [-0.2, -0.15) is 0 Å². The Morgan fingerprint density at radius 1 is 1.00 bits per heavy atom. The first kappa shape index (κ1) is 21.8. The first-order valence-corrected chi connectivity index (χ1v) is 9.00. The number of halogens is 1. The number of pyridine rings is 1. The van der Waals surface area contributed by atoms with E-state index in [1.807, 2.05) is 18.2 Å². The van der Waals surface area contributed by atoms with E-state index in [0.717, 1.165) is 18.5 Å². The number of nitrogens with one attached hydrogen (secondary N) is 2. The lowest BCUT2D eigenvalue weighted by atomic mass is 10.1. The minimum absolute atomic E-state index is 0. The highest BCUT2D eigenvalue weighted by atomic mass is 127. The van der Waals surface area contributed by atoms with Crippen LogP contribution < -0.4 is 10.6 Å². The van der Waals surface area contributed by atoms with Crippen molar-refractivity contribution in [2.75, 3.05) is 20.1 Å². The van der Waals surface area contributed by atoms with Gasteiger partial charge in [0.1, 0.15) is 0 Å². The molecule has 8 heteroatoms. The first-order chi connectivity index (χ1) is 13.2. The number of imide groups is 1. The number of carbonyl (C=O) groups is 2. The number of amides is 2. The molecule has 1 aromatic heterocycles. The molecule has 0 unspecified atom stereocenters. The minimum Gasteiger partial charge on any atom is -0.356 e. The van der Waals surface area contributed by atoms with E-state index in [1.165, 1.54) is 4.90 Å². The van der Waals surface area contributed by atoms with Gasteiger partial charge in [0.15, 0.2) is 5.96 Å². The fraction of sp³-hybridized carbons (Fsp3) is 0.300. The van der Waals surface area contributed by atoms with Gasteiger partial charge >= 0.3 is 0 Å². The first-order valence-electron chi connectivity index (χ1n) is 9.00. The van der Waals surface area contributed by atoms with Crippen LogP contribution in [0.1, 0.15) is 39.3 Å². The zero-order valence-corrected chi connectivity index (χ0v) is 18.1. The minimum atomic E-state index is -0.198. The van der Waals surface area contributed by atoms with Crippen LogP contribution in [0.3, 0.4) is 0 Å². The quantitative estimate of drug-likeness (QED) is 0.204. The van der Waals surface area contributed by atoms with Crippen LogP contribution in [0.4, 0.5) is 0 Å². The maximum absolute atomic E-state index is 12.3. The lowest BCUT2D eigenvalue weighted by Gasteiger charge is -2.14. The number of aliphatic imine (C=N–C) groups is 1. The Balaban J connectivity index is 0.00000280. The lowest BCUT2D eigenvalue weighted by Crippen LogP contribution is -2.38. The molecular weight excluding hydrogens is 469 g/mol. The number of unbranched alkanes of at least 4 members (excludes halogenated alkanes) is 1. The van der Waals surface area contributed by atoms with Gasteiger partial charge in [0, 0.05) is 26.3 Å². The third kappa shape index (κ3) is 5.28. The summed E-state index contributed by atoms with van der Waals surface area (Å²) in [4.78, 5) is 34.4. The van der Waals surface area contributed by atoms with Crippen molar-refractivity contribution in [1.82, 2.24) is 20.5 Å². The van der Waals surface area contributed by atoms with Crippen molar-refractivity contribution in [3.8, 4) is 0 Å². The monoisotopic (exact) mass is 493 g/mol. The van der Waals surface area contributed by atoms with E-state index in [-0.39, 0.29) is 35.8 Å². The largest absolute Gasteiger partial charge is 0.356 e. The summed E-state index contributed by atoms with van der Waals surface area (Å²) in [6.45, 7) is 1.72. The van der Waals surface area contributed by atoms with Crippen molar-refractivity contribution >= 4 is 41.8 Å². The predicted octanol–water partition coefficient (Wildman–Crippen LogP) is 2.44. The summed E-state index contributed by atoms with van der Waals surface area (Å²) in [5, 5.41) is 6.43. The van der Waals surface area contributed by atoms with E-state index in [4.69, 9.17) is 0 Å². The van der Waals surface area contributed by atoms with Gasteiger partial charge in [0.25, 0.3) is 11.8 Å². The zero-order valence-electron chi connectivity index (χ0n) is 15.7. The van der Waals surface area contributed by atoms with E-state index >= 15 is 0 Å². The highest BCUT2D eigenvalue weighted by molar-refractivity contribution is 14.0. The summed E-state index contributed by atoms with van der Waals surface area (Å²) in [6, 6.07) is 12.7. The van der Waals surface area contributed by atoms with Crippen molar-refractivity contribution < 1.29 is 9.59 Å². The van der Waals surface area contributed by atoms with Crippen molar-refractivity contribution in [3.63, 3.8) is 0 Å². The van der Waals surface area contributed by atoms with Crippen molar-refractivity contribution in [1.29, 1.82) is 0 Å². The Labute approximate surface area is 181 Å². The van der Waals surface area contributed by atoms with E-state index in [1.54, 1.807) is 37.5 Å². The molecule has 0 bridgehead atoms. The topological polar surface area (TPSA) is 86.7 Å². The zero-order chi connectivity index (χ0) is 19.1. The fourth-order valence-corrected chi connectivity index (χ4v) is 2.94. The summed E-state index contributed by atoms with van der Waals surface area (Å²) in [5.74, 6) is 0.300. The molecule has 0 spiro atoms. The van der Waals surface area contributed by atoms with Gasteiger partial charge in [0.05, 0.1) is 23.4 Å². The van der Waals surface area contributed by atoms with E-state index in [0.29, 0.717) is 36.7 Å². The van der Waals surface area contributed by atoms with Crippen molar-refractivity contribution in [2.24, 2.45) is 4.99 Å². The number of rotatable bonds is 7. The van der Waals surface area contributed by atoms with Crippen LogP contribution in [0, 0.1) is 0 Å². The number of hydrogen-bond acceptors (Lipinski definition) is 4. The van der Waals surface area contributed by atoms with E-state index in [2.05, 4.69) is 20.6 Å². The molecule has 3 rings (SSSR count). The second-order valence-corrected chi connectivity index (χ2v) is 6.19. The molecule has 1 aromatic carbocycles. The highest BCUT2D eigenvalue weighted by Crippen LogP contribution is 2.22. The average Bonchev–Trinajstić information content (AvgIpc) is 2.95.